The van der Waals surface area contributed by atoms with Crippen molar-refractivity contribution in [1.29, 1.82) is 0 Å². The molecule has 2 aromatic rings. The topological polar surface area (TPSA) is 115 Å². The van der Waals surface area contributed by atoms with E-state index in [2.05, 4.69) is 0 Å². The van der Waals surface area contributed by atoms with Gasteiger partial charge in [-0.25, -0.2) is 0 Å². The summed E-state index contributed by atoms with van der Waals surface area (Å²) >= 11 is 0. The van der Waals surface area contributed by atoms with Gasteiger partial charge in [-0.1, -0.05) is 0 Å². The van der Waals surface area contributed by atoms with E-state index in [0.29, 0.717) is 0 Å². The van der Waals surface area contributed by atoms with Crippen molar-refractivity contribution in [3.63, 3.8) is 0 Å². The number of ketones is 2. The maximum atomic E-state index is 12.0. The lowest BCUT2D eigenvalue weighted by Gasteiger charge is -2.20. The van der Waals surface area contributed by atoms with Gasteiger partial charge in [-0.3, -0.25) is 9.59 Å². The van der Waals surface area contributed by atoms with Gasteiger partial charge in [0.1, 0.15) is 23.0 Å². The second-order valence-corrected chi connectivity index (χ2v) is 5.10. The van der Waals surface area contributed by atoms with Crippen LogP contribution in [0.5, 0.6) is 23.0 Å². The average Bonchev–Trinajstić information content (AvgIpc) is 2.42. The molecule has 0 amide bonds. The van der Waals surface area contributed by atoms with Crippen molar-refractivity contribution in [1.82, 2.24) is 0 Å². The fraction of sp³-hybridized carbons (Fsp3) is 0.200. The summed E-state index contributed by atoms with van der Waals surface area (Å²) in [5.74, 6) is -2.90. The van der Waals surface area contributed by atoms with Gasteiger partial charge in [0, 0.05) is 12.8 Å². The van der Waals surface area contributed by atoms with Gasteiger partial charge in [0.2, 0.25) is 0 Å². The molecular formula is C15H12O6. The van der Waals surface area contributed by atoms with Crippen LogP contribution in [-0.4, -0.2) is 32.0 Å². The van der Waals surface area contributed by atoms with E-state index in [1.54, 1.807) is 0 Å². The van der Waals surface area contributed by atoms with E-state index in [9.17, 15) is 30.0 Å². The second-order valence-electron chi connectivity index (χ2n) is 5.10. The zero-order chi connectivity index (χ0) is 15.5. The van der Waals surface area contributed by atoms with E-state index in [-0.39, 0.29) is 51.8 Å². The normalized spacial score (nSPS) is 14.5. The predicted molar refractivity (Wildman–Crippen MR) is 73.2 cm³/mol. The maximum Gasteiger partial charge on any atom is 0.167 e. The lowest BCUT2D eigenvalue weighted by Crippen LogP contribution is -2.17. The molecule has 0 unspecified atom stereocenters. The van der Waals surface area contributed by atoms with Crippen LogP contribution in [0.4, 0.5) is 0 Å². The fourth-order valence-electron chi connectivity index (χ4n) is 2.77. The van der Waals surface area contributed by atoms with E-state index < -0.39 is 23.1 Å². The van der Waals surface area contributed by atoms with Gasteiger partial charge in [-0.15, -0.1) is 0 Å². The van der Waals surface area contributed by atoms with E-state index in [4.69, 9.17) is 0 Å². The zero-order valence-corrected chi connectivity index (χ0v) is 11.1. The van der Waals surface area contributed by atoms with Crippen LogP contribution in [0.3, 0.4) is 0 Å². The summed E-state index contributed by atoms with van der Waals surface area (Å²) in [5.41, 5.74) is -0.324. The molecule has 0 aromatic heterocycles. The van der Waals surface area contributed by atoms with Crippen molar-refractivity contribution in [3.05, 3.63) is 22.8 Å². The van der Waals surface area contributed by atoms with Crippen molar-refractivity contribution >= 4 is 22.3 Å². The first-order valence-corrected chi connectivity index (χ1v) is 6.34. The van der Waals surface area contributed by atoms with Crippen LogP contribution in [0.25, 0.3) is 10.8 Å². The Kier molecular flexibility index (Phi) is 2.59. The van der Waals surface area contributed by atoms with Gasteiger partial charge in [-0.2, -0.15) is 0 Å². The molecule has 0 heterocycles. The smallest absolute Gasteiger partial charge is 0.167 e. The van der Waals surface area contributed by atoms with Gasteiger partial charge in [0.05, 0.1) is 21.9 Å². The Bertz CT molecular complexity index is 834. The number of Topliss-reactive ketones (excluding diaryl/α,β-unsaturated/α-hetero) is 2. The molecule has 0 bridgehead atoms. The molecule has 6 heteroatoms. The minimum Gasteiger partial charge on any atom is -0.507 e. The number of fused-ring (bicyclic) bond motifs is 2. The highest BCUT2D eigenvalue weighted by atomic mass is 16.3. The predicted octanol–water partition coefficient (Wildman–Crippen LogP) is 2.13. The molecule has 6 nitrogen and oxygen atoms in total. The fourth-order valence-corrected chi connectivity index (χ4v) is 2.77. The molecule has 108 valence electrons. The first-order valence-electron chi connectivity index (χ1n) is 6.34. The van der Waals surface area contributed by atoms with Gasteiger partial charge in [0.25, 0.3) is 0 Å². The molecule has 1 aliphatic rings. The number of carbonyl (C=O) groups excluding carboxylic acids is 2. The van der Waals surface area contributed by atoms with Gasteiger partial charge in [0.15, 0.2) is 11.6 Å². The number of phenols is 4. The Balaban J connectivity index is 2.63. The quantitative estimate of drug-likeness (QED) is 0.552. The molecule has 0 aliphatic heterocycles. The number of benzene rings is 2. The molecule has 0 spiro atoms. The summed E-state index contributed by atoms with van der Waals surface area (Å²) in [7, 11) is 0. The molecule has 3 rings (SSSR count). The number of rotatable bonds is 0. The van der Waals surface area contributed by atoms with Crippen molar-refractivity contribution in [2.45, 2.75) is 19.8 Å². The minimum atomic E-state index is -0.594. The van der Waals surface area contributed by atoms with Crippen molar-refractivity contribution < 1.29 is 30.0 Å². The van der Waals surface area contributed by atoms with E-state index >= 15 is 0 Å². The summed E-state index contributed by atoms with van der Waals surface area (Å²) in [5, 5.41) is 40.1. The second kappa shape index (κ2) is 4.12. The molecule has 4 N–H and O–H groups in total. The van der Waals surface area contributed by atoms with Crippen molar-refractivity contribution in [3.8, 4) is 23.0 Å². The Morgan fingerprint density at radius 3 is 1.81 bits per heavy atom. The summed E-state index contributed by atoms with van der Waals surface area (Å²) in [6, 6.07) is 1.21. The van der Waals surface area contributed by atoms with Crippen LogP contribution in [0.15, 0.2) is 6.07 Å². The van der Waals surface area contributed by atoms with Crippen LogP contribution < -0.4 is 0 Å². The van der Waals surface area contributed by atoms with Gasteiger partial charge in [-0.05, 0) is 18.6 Å². The monoisotopic (exact) mass is 288 g/mol. The summed E-state index contributed by atoms with van der Waals surface area (Å²) in [6.45, 7) is 1.50. The molecule has 0 atom stereocenters. The molecule has 21 heavy (non-hydrogen) atoms. The molecule has 0 saturated heterocycles. The number of hydrogen-bond acceptors (Lipinski definition) is 6. The highest BCUT2D eigenvalue weighted by molar-refractivity contribution is 6.22. The standard InChI is InChI=1S/C15H12O6/c1-5-4-8(18)11-12(13(5)19)15(21)10-7(17)3-2-6(16)9(10)14(11)20/h4,18-21H,2-3H2,1H3. The number of aromatic hydroxyl groups is 4. The number of carbonyl (C=O) groups is 2. The third-order valence-electron chi connectivity index (χ3n) is 3.80. The van der Waals surface area contributed by atoms with Gasteiger partial charge < -0.3 is 20.4 Å². The van der Waals surface area contributed by atoms with E-state index in [0.717, 1.165) is 0 Å². The van der Waals surface area contributed by atoms with Crippen LogP contribution in [0.2, 0.25) is 0 Å². The molecule has 0 radical (unpaired) electrons. The lowest BCUT2D eigenvalue weighted by atomic mass is 9.85. The molecule has 0 fully saturated rings. The molecule has 0 saturated carbocycles. The molecule has 2 aromatic carbocycles. The summed E-state index contributed by atoms with van der Waals surface area (Å²) in [4.78, 5) is 23.9. The molecular weight excluding hydrogens is 276 g/mol. The average molecular weight is 288 g/mol. The third kappa shape index (κ3) is 1.59. The highest BCUT2D eigenvalue weighted by Gasteiger charge is 2.34. The Morgan fingerprint density at radius 2 is 1.29 bits per heavy atom. The first kappa shape index (κ1) is 13.2. The van der Waals surface area contributed by atoms with Crippen molar-refractivity contribution in [2.24, 2.45) is 0 Å². The van der Waals surface area contributed by atoms with Crippen molar-refractivity contribution in [2.75, 3.05) is 0 Å². The summed E-state index contributed by atoms with van der Waals surface area (Å²) in [6.07, 6.45) is -0.133. The minimum absolute atomic E-state index is 0.0665. The molecule has 1 aliphatic carbocycles. The third-order valence-corrected chi connectivity index (χ3v) is 3.80. The van der Waals surface area contributed by atoms with E-state index in [1.165, 1.54) is 13.0 Å². The van der Waals surface area contributed by atoms with Crippen LogP contribution in [0, 0.1) is 6.92 Å². The van der Waals surface area contributed by atoms with Crippen LogP contribution >= 0.6 is 0 Å². The largest absolute Gasteiger partial charge is 0.507 e. The number of aryl methyl sites for hydroxylation is 1. The van der Waals surface area contributed by atoms with Gasteiger partial charge >= 0.3 is 0 Å². The highest BCUT2D eigenvalue weighted by Crippen LogP contribution is 2.50. The number of phenolic OH excluding ortho intramolecular Hbond substituents is 4. The summed E-state index contributed by atoms with van der Waals surface area (Å²) < 4.78 is 0. The maximum absolute atomic E-state index is 12.0. The number of hydrogen-bond donors (Lipinski definition) is 4. The Labute approximate surface area is 118 Å². The zero-order valence-electron chi connectivity index (χ0n) is 11.1. The Hall–Kier alpha value is -2.76. The van der Waals surface area contributed by atoms with Crippen LogP contribution in [-0.2, 0) is 0 Å². The SMILES string of the molecule is Cc1cc(O)c2c(O)c3c(c(O)c2c1O)C(=O)CCC3=O. The van der Waals surface area contributed by atoms with E-state index in [1.807, 2.05) is 0 Å². The Morgan fingerprint density at radius 1 is 0.810 bits per heavy atom. The first-order chi connectivity index (χ1) is 9.84. The van der Waals surface area contributed by atoms with Crippen LogP contribution in [0.1, 0.15) is 39.1 Å². The lowest BCUT2D eigenvalue weighted by molar-refractivity contribution is 0.0885.